The molecule has 0 saturated carbocycles. The number of Topliss-reactive ketones (excluding diaryl/α,β-unsaturated/α-hetero) is 1. The third-order valence-corrected chi connectivity index (χ3v) is 4.93. The summed E-state index contributed by atoms with van der Waals surface area (Å²) in [5, 5.41) is 11.6. The Labute approximate surface area is 134 Å². The summed E-state index contributed by atoms with van der Waals surface area (Å²) in [5.74, 6) is 0.780. The first-order chi connectivity index (χ1) is 11.1. The first-order valence-corrected chi connectivity index (χ1v) is 7.85. The number of aromatic nitrogens is 3. The number of fused-ring (bicyclic) bond motifs is 3. The monoisotopic (exact) mass is 309 g/mol. The molecule has 0 bridgehead atoms. The SMILES string of the molecule is Cc1nccn1C[C@@H]1C[C@@H](O)c2c(c3ccccc3n2C)C1=O. The number of benzene rings is 1. The first-order valence-electron chi connectivity index (χ1n) is 7.85. The minimum Gasteiger partial charge on any atom is -0.387 e. The third-order valence-electron chi connectivity index (χ3n) is 4.93. The van der Waals surface area contributed by atoms with E-state index in [-0.39, 0.29) is 11.7 Å². The Morgan fingerprint density at radius 1 is 1.35 bits per heavy atom. The maximum atomic E-state index is 13.1. The van der Waals surface area contributed by atoms with Crippen LogP contribution in [0.25, 0.3) is 10.9 Å². The van der Waals surface area contributed by atoms with E-state index in [2.05, 4.69) is 4.98 Å². The molecule has 0 amide bonds. The smallest absolute Gasteiger partial charge is 0.170 e. The van der Waals surface area contributed by atoms with Gasteiger partial charge in [-0.25, -0.2) is 4.98 Å². The molecule has 4 rings (SSSR count). The number of hydrogen-bond acceptors (Lipinski definition) is 3. The van der Waals surface area contributed by atoms with Gasteiger partial charge in [0.05, 0.1) is 11.8 Å². The van der Waals surface area contributed by atoms with Crippen molar-refractivity contribution in [1.82, 2.24) is 14.1 Å². The Morgan fingerprint density at radius 2 is 2.13 bits per heavy atom. The molecule has 0 spiro atoms. The van der Waals surface area contributed by atoms with Gasteiger partial charge in [0.1, 0.15) is 5.82 Å². The summed E-state index contributed by atoms with van der Waals surface area (Å²) in [7, 11) is 1.91. The quantitative estimate of drug-likeness (QED) is 0.791. The molecular formula is C18H19N3O2. The lowest BCUT2D eigenvalue weighted by molar-refractivity contribution is 0.0737. The van der Waals surface area contributed by atoms with Crippen molar-refractivity contribution in [3.8, 4) is 0 Å². The van der Waals surface area contributed by atoms with E-state index in [1.165, 1.54) is 0 Å². The maximum absolute atomic E-state index is 13.1. The summed E-state index contributed by atoms with van der Waals surface area (Å²) < 4.78 is 3.93. The number of nitrogens with zero attached hydrogens (tertiary/aromatic N) is 3. The zero-order valence-corrected chi connectivity index (χ0v) is 13.2. The van der Waals surface area contributed by atoms with Crippen molar-refractivity contribution in [2.24, 2.45) is 13.0 Å². The minimum absolute atomic E-state index is 0.121. The molecule has 1 aliphatic carbocycles. The van der Waals surface area contributed by atoms with Crippen LogP contribution >= 0.6 is 0 Å². The van der Waals surface area contributed by atoms with Crippen LogP contribution in [0.2, 0.25) is 0 Å². The van der Waals surface area contributed by atoms with Crippen LogP contribution in [0.3, 0.4) is 0 Å². The summed E-state index contributed by atoms with van der Waals surface area (Å²) in [6, 6.07) is 7.84. The van der Waals surface area contributed by atoms with E-state index in [0.717, 1.165) is 22.4 Å². The number of para-hydroxylation sites is 1. The number of ketones is 1. The number of aliphatic hydroxyl groups is 1. The highest BCUT2D eigenvalue weighted by atomic mass is 16.3. The Bertz CT molecular complexity index is 906. The number of rotatable bonds is 2. The van der Waals surface area contributed by atoms with Gasteiger partial charge in [0.25, 0.3) is 0 Å². The van der Waals surface area contributed by atoms with Gasteiger partial charge in [-0.2, -0.15) is 0 Å². The Kier molecular flexibility index (Phi) is 3.13. The normalized spacial score (nSPS) is 20.9. The van der Waals surface area contributed by atoms with E-state index in [1.807, 2.05) is 53.6 Å². The summed E-state index contributed by atoms with van der Waals surface area (Å²) in [6.45, 7) is 2.48. The van der Waals surface area contributed by atoms with Crippen LogP contribution in [0, 0.1) is 12.8 Å². The van der Waals surface area contributed by atoms with Crippen LogP contribution in [0.15, 0.2) is 36.7 Å². The molecule has 0 radical (unpaired) electrons. The van der Waals surface area contributed by atoms with Crippen molar-refractivity contribution < 1.29 is 9.90 Å². The second-order valence-corrected chi connectivity index (χ2v) is 6.28. The first kappa shape index (κ1) is 14.2. The van der Waals surface area contributed by atoms with Gasteiger partial charge in [0.15, 0.2) is 5.78 Å². The lowest BCUT2D eigenvalue weighted by atomic mass is 9.83. The molecule has 1 aliphatic rings. The highest BCUT2D eigenvalue weighted by Gasteiger charge is 2.37. The van der Waals surface area contributed by atoms with Crippen LogP contribution in [-0.4, -0.2) is 25.0 Å². The topological polar surface area (TPSA) is 60.0 Å². The van der Waals surface area contributed by atoms with Crippen molar-refractivity contribution >= 4 is 16.7 Å². The number of carbonyl (C=O) groups excluding carboxylic acids is 1. The van der Waals surface area contributed by atoms with E-state index in [4.69, 9.17) is 0 Å². The molecule has 2 heterocycles. The highest BCUT2D eigenvalue weighted by molar-refractivity contribution is 6.11. The van der Waals surface area contributed by atoms with Crippen LogP contribution in [0.1, 0.15) is 34.4 Å². The highest BCUT2D eigenvalue weighted by Crippen LogP contribution is 2.39. The second kappa shape index (κ2) is 5.06. The molecule has 0 saturated heterocycles. The summed E-state index contributed by atoms with van der Waals surface area (Å²) in [5.41, 5.74) is 2.42. The van der Waals surface area contributed by atoms with Crippen LogP contribution < -0.4 is 0 Å². The van der Waals surface area contributed by atoms with Crippen molar-refractivity contribution in [2.45, 2.75) is 26.0 Å². The van der Waals surface area contributed by atoms with Gasteiger partial charge in [-0.15, -0.1) is 0 Å². The molecule has 3 aromatic rings. The van der Waals surface area contributed by atoms with Crippen molar-refractivity contribution in [2.75, 3.05) is 0 Å². The maximum Gasteiger partial charge on any atom is 0.170 e. The molecule has 2 aromatic heterocycles. The standard InChI is InChI=1S/C18H19N3O2/c1-11-19-7-8-21(11)10-12-9-15(22)17-16(18(12)23)13-5-3-4-6-14(13)20(17)2/h3-8,12,15,22H,9-10H2,1-2H3/t12-,15+/m0/s1. The van der Waals surface area contributed by atoms with Gasteiger partial charge in [-0.05, 0) is 19.4 Å². The van der Waals surface area contributed by atoms with Gasteiger partial charge in [-0.3, -0.25) is 4.79 Å². The number of imidazole rings is 1. The van der Waals surface area contributed by atoms with Crippen molar-refractivity contribution in [3.05, 3.63) is 53.7 Å². The van der Waals surface area contributed by atoms with E-state index in [1.54, 1.807) is 6.20 Å². The average Bonchev–Trinajstić information content (AvgIpc) is 3.07. The second-order valence-electron chi connectivity index (χ2n) is 6.28. The molecule has 23 heavy (non-hydrogen) atoms. The lowest BCUT2D eigenvalue weighted by Crippen LogP contribution is -2.29. The van der Waals surface area contributed by atoms with E-state index in [0.29, 0.717) is 18.5 Å². The summed E-state index contributed by atoms with van der Waals surface area (Å²) in [4.78, 5) is 17.3. The molecule has 0 unspecified atom stereocenters. The Balaban J connectivity index is 1.82. The Morgan fingerprint density at radius 3 is 2.87 bits per heavy atom. The molecule has 5 heteroatoms. The molecule has 118 valence electrons. The average molecular weight is 309 g/mol. The van der Waals surface area contributed by atoms with E-state index < -0.39 is 6.10 Å². The molecule has 0 aliphatic heterocycles. The van der Waals surface area contributed by atoms with E-state index in [9.17, 15) is 9.90 Å². The van der Waals surface area contributed by atoms with Crippen LogP contribution in [0.4, 0.5) is 0 Å². The van der Waals surface area contributed by atoms with Gasteiger partial charge in [0, 0.05) is 48.4 Å². The third kappa shape index (κ3) is 2.04. The minimum atomic E-state index is -0.617. The molecule has 1 aromatic carbocycles. The largest absolute Gasteiger partial charge is 0.387 e. The predicted octanol–water partition coefficient (Wildman–Crippen LogP) is 2.62. The number of aliphatic hydroxyl groups excluding tert-OH is 1. The van der Waals surface area contributed by atoms with Crippen LogP contribution in [0.5, 0.6) is 0 Å². The Hall–Kier alpha value is -2.40. The van der Waals surface area contributed by atoms with E-state index >= 15 is 0 Å². The van der Waals surface area contributed by atoms with Crippen molar-refractivity contribution in [1.29, 1.82) is 0 Å². The van der Waals surface area contributed by atoms with Gasteiger partial charge in [0.2, 0.25) is 0 Å². The van der Waals surface area contributed by atoms with Crippen molar-refractivity contribution in [3.63, 3.8) is 0 Å². The fourth-order valence-electron chi connectivity index (χ4n) is 3.75. The summed E-state index contributed by atoms with van der Waals surface area (Å²) in [6.07, 6.45) is 3.46. The molecule has 0 fully saturated rings. The van der Waals surface area contributed by atoms with Gasteiger partial charge in [-0.1, -0.05) is 18.2 Å². The fourth-order valence-corrected chi connectivity index (χ4v) is 3.75. The predicted molar refractivity (Wildman–Crippen MR) is 87.3 cm³/mol. The fraction of sp³-hybridized carbons (Fsp3) is 0.333. The number of carbonyl (C=O) groups is 1. The van der Waals surface area contributed by atoms with Gasteiger partial charge >= 0.3 is 0 Å². The zero-order chi connectivity index (χ0) is 16.1. The summed E-state index contributed by atoms with van der Waals surface area (Å²) >= 11 is 0. The molecule has 2 atom stereocenters. The van der Waals surface area contributed by atoms with Gasteiger partial charge < -0.3 is 14.2 Å². The molecule has 1 N–H and O–H groups in total. The lowest BCUT2D eigenvalue weighted by Gasteiger charge is -2.27. The molecule has 5 nitrogen and oxygen atoms in total. The van der Waals surface area contributed by atoms with Crippen LogP contribution in [-0.2, 0) is 13.6 Å². The zero-order valence-electron chi connectivity index (χ0n) is 13.2. The number of hydrogen-bond donors (Lipinski definition) is 1. The number of aryl methyl sites for hydroxylation is 2. The molecular weight excluding hydrogens is 290 g/mol.